The first-order chi connectivity index (χ1) is 15.6. The van der Waals surface area contributed by atoms with Gasteiger partial charge < -0.3 is 0 Å². The van der Waals surface area contributed by atoms with Crippen LogP contribution in [0.3, 0.4) is 0 Å². The van der Waals surface area contributed by atoms with Gasteiger partial charge in [0.2, 0.25) is 10.0 Å². The Bertz CT molecular complexity index is 1530. The number of aromatic nitrogens is 3. The summed E-state index contributed by atoms with van der Waals surface area (Å²) in [5.41, 5.74) is 3.46. The van der Waals surface area contributed by atoms with E-state index < -0.39 is 10.0 Å². The summed E-state index contributed by atoms with van der Waals surface area (Å²) in [5.74, 6) is -0.507. The van der Waals surface area contributed by atoms with E-state index in [2.05, 4.69) is 10.1 Å². The maximum Gasteiger partial charge on any atom is 0.278 e. The molecule has 2 aromatic carbocycles. The number of carbonyl (C=O) groups is 2. The van der Waals surface area contributed by atoms with Crippen LogP contribution in [0.25, 0.3) is 17.0 Å². The van der Waals surface area contributed by atoms with E-state index in [1.165, 1.54) is 22.9 Å². The minimum Gasteiger partial charge on any atom is -0.289 e. The molecule has 0 atom stereocenters. The number of carbonyl (C=O) groups excluding carboxylic acids is 2. The van der Waals surface area contributed by atoms with Gasteiger partial charge in [0, 0.05) is 22.2 Å². The second-order valence-electron chi connectivity index (χ2n) is 7.55. The molecule has 0 unspecified atom stereocenters. The molecule has 2 aromatic heterocycles. The van der Waals surface area contributed by atoms with Gasteiger partial charge in [-0.3, -0.25) is 9.59 Å². The van der Waals surface area contributed by atoms with Crippen molar-refractivity contribution < 1.29 is 18.0 Å². The summed E-state index contributed by atoms with van der Waals surface area (Å²) in [4.78, 5) is 29.6. The number of nitrogens with zero attached hydrogens (tertiary/aromatic N) is 3. The number of benzene rings is 2. The number of allylic oxidation sites excluding steroid dienone is 1. The van der Waals surface area contributed by atoms with Gasteiger partial charge in [-0.15, -0.1) is 0 Å². The summed E-state index contributed by atoms with van der Waals surface area (Å²) < 4.78 is 24.3. The lowest BCUT2D eigenvalue weighted by atomic mass is 10.1. The van der Waals surface area contributed by atoms with Crippen LogP contribution in [0.1, 0.15) is 37.8 Å². The van der Waals surface area contributed by atoms with Gasteiger partial charge >= 0.3 is 0 Å². The normalized spacial score (nSPS) is 11.8. The fourth-order valence-electron chi connectivity index (χ4n) is 3.38. The molecule has 8 nitrogen and oxygen atoms in total. The van der Waals surface area contributed by atoms with E-state index in [4.69, 9.17) is 5.14 Å². The fourth-order valence-corrected chi connectivity index (χ4v) is 3.93. The van der Waals surface area contributed by atoms with Gasteiger partial charge in [-0.2, -0.15) is 5.10 Å². The van der Waals surface area contributed by atoms with Crippen LogP contribution in [0, 0.1) is 13.8 Å². The van der Waals surface area contributed by atoms with Crippen LogP contribution in [-0.2, 0) is 10.0 Å². The van der Waals surface area contributed by atoms with E-state index in [1.54, 1.807) is 55.5 Å². The van der Waals surface area contributed by atoms with Crippen molar-refractivity contribution in [3.05, 3.63) is 94.9 Å². The molecule has 33 heavy (non-hydrogen) atoms. The van der Waals surface area contributed by atoms with Gasteiger partial charge in [0.25, 0.3) is 5.91 Å². The van der Waals surface area contributed by atoms with E-state index in [0.717, 1.165) is 11.4 Å². The summed E-state index contributed by atoms with van der Waals surface area (Å²) in [6, 6.07) is 16.0. The zero-order chi connectivity index (χ0) is 23.8. The summed E-state index contributed by atoms with van der Waals surface area (Å²) in [6.07, 6.45) is 2.97. The summed E-state index contributed by atoms with van der Waals surface area (Å²) >= 11 is 0. The van der Waals surface area contributed by atoms with Crippen molar-refractivity contribution in [3.63, 3.8) is 0 Å². The second kappa shape index (κ2) is 8.53. The van der Waals surface area contributed by atoms with Crippen LogP contribution < -0.4 is 5.14 Å². The van der Waals surface area contributed by atoms with Crippen molar-refractivity contribution in [1.29, 1.82) is 0 Å². The van der Waals surface area contributed by atoms with Gasteiger partial charge in [-0.05, 0) is 68.5 Å². The van der Waals surface area contributed by atoms with Gasteiger partial charge in [0.1, 0.15) is 0 Å². The minimum absolute atomic E-state index is 0.00931. The number of sulfonamides is 1. The summed E-state index contributed by atoms with van der Waals surface area (Å²) in [7, 11) is -3.79. The summed E-state index contributed by atoms with van der Waals surface area (Å²) in [6.45, 7) is 3.62. The molecule has 2 heterocycles. The van der Waals surface area contributed by atoms with E-state index in [9.17, 15) is 18.0 Å². The monoisotopic (exact) mass is 460 g/mol. The standard InChI is InChI=1S/C24H20N4O4S/c1-15-13-16(2)28(27-15)24(30)18-5-3-17(4-6-18)23(29)12-9-20-8-7-19-14-21(33(25,31)32)10-11-22(19)26-20/h3-14H,1-2H3,(H2,25,31,32)/b12-9+. The Labute approximate surface area is 190 Å². The molecule has 0 aliphatic heterocycles. The Balaban J connectivity index is 1.50. The van der Waals surface area contributed by atoms with Crippen molar-refractivity contribution in [2.24, 2.45) is 5.14 Å². The van der Waals surface area contributed by atoms with Crippen LogP contribution in [0.15, 0.2) is 71.6 Å². The highest BCUT2D eigenvalue weighted by atomic mass is 32.2. The van der Waals surface area contributed by atoms with E-state index in [1.807, 2.05) is 13.0 Å². The third-order valence-corrected chi connectivity index (χ3v) is 5.95. The number of pyridine rings is 1. The molecule has 4 aromatic rings. The number of fused-ring (bicyclic) bond motifs is 1. The predicted molar refractivity (Wildman–Crippen MR) is 124 cm³/mol. The van der Waals surface area contributed by atoms with E-state index >= 15 is 0 Å². The van der Waals surface area contributed by atoms with Crippen molar-refractivity contribution >= 4 is 38.7 Å². The maximum absolute atomic E-state index is 12.6. The first kappa shape index (κ1) is 22.3. The molecule has 4 rings (SSSR count). The van der Waals surface area contributed by atoms with Crippen LogP contribution in [-0.4, -0.2) is 34.9 Å². The third-order valence-electron chi connectivity index (χ3n) is 5.03. The minimum atomic E-state index is -3.79. The Morgan fingerprint density at radius 2 is 1.64 bits per heavy atom. The number of hydrogen-bond acceptors (Lipinski definition) is 6. The molecule has 2 N–H and O–H groups in total. The van der Waals surface area contributed by atoms with Gasteiger partial charge in [-0.1, -0.05) is 18.2 Å². The largest absolute Gasteiger partial charge is 0.289 e. The maximum atomic E-state index is 12.6. The molecule has 0 amide bonds. The zero-order valence-corrected chi connectivity index (χ0v) is 18.7. The molecule has 0 saturated carbocycles. The van der Waals surface area contributed by atoms with Crippen molar-refractivity contribution in [2.75, 3.05) is 0 Å². The van der Waals surface area contributed by atoms with Crippen LogP contribution in [0.2, 0.25) is 0 Å². The van der Waals surface area contributed by atoms with E-state index in [0.29, 0.717) is 27.7 Å². The van der Waals surface area contributed by atoms with Gasteiger partial charge in [0.05, 0.1) is 21.8 Å². The molecular weight excluding hydrogens is 440 g/mol. The SMILES string of the molecule is Cc1cc(C)n(C(=O)c2ccc(C(=O)/C=C/c3ccc4cc(S(N)(=O)=O)ccc4n3)cc2)n1. The molecule has 0 bridgehead atoms. The Hall–Kier alpha value is -3.95. The lowest BCUT2D eigenvalue weighted by Gasteiger charge is -2.04. The lowest BCUT2D eigenvalue weighted by Crippen LogP contribution is -2.15. The number of nitrogens with two attached hydrogens (primary N) is 1. The molecule has 0 fully saturated rings. The van der Waals surface area contributed by atoms with E-state index in [-0.39, 0.29) is 16.6 Å². The Morgan fingerprint density at radius 1 is 0.939 bits per heavy atom. The lowest BCUT2D eigenvalue weighted by molar-refractivity contribution is 0.0941. The summed E-state index contributed by atoms with van der Waals surface area (Å²) in [5, 5.41) is 9.97. The number of rotatable bonds is 5. The highest BCUT2D eigenvalue weighted by Gasteiger charge is 2.13. The average Bonchev–Trinajstić information content (AvgIpc) is 3.13. The molecule has 166 valence electrons. The predicted octanol–water partition coefficient (Wildman–Crippen LogP) is 3.28. The van der Waals surface area contributed by atoms with Gasteiger partial charge in [-0.25, -0.2) is 23.2 Å². The van der Waals surface area contributed by atoms with Crippen LogP contribution in [0.4, 0.5) is 0 Å². The number of aryl methyl sites for hydroxylation is 2. The highest BCUT2D eigenvalue weighted by Crippen LogP contribution is 2.18. The molecule has 0 aliphatic carbocycles. The first-order valence-electron chi connectivity index (χ1n) is 9.96. The number of primary sulfonamides is 1. The molecular formula is C24H20N4O4S. The second-order valence-corrected chi connectivity index (χ2v) is 9.12. The average molecular weight is 461 g/mol. The first-order valence-corrected chi connectivity index (χ1v) is 11.5. The molecule has 9 heteroatoms. The fraction of sp³-hybridized carbons (Fsp3) is 0.0833. The third kappa shape index (κ3) is 4.79. The van der Waals surface area contributed by atoms with Crippen molar-refractivity contribution in [2.45, 2.75) is 18.7 Å². The molecule has 0 saturated heterocycles. The number of hydrogen-bond donors (Lipinski definition) is 1. The zero-order valence-electron chi connectivity index (χ0n) is 17.9. The smallest absolute Gasteiger partial charge is 0.278 e. The Morgan fingerprint density at radius 3 is 2.27 bits per heavy atom. The van der Waals surface area contributed by atoms with Crippen LogP contribution >= 0.6 is 0 Å². The molecule has 0 aliphatic rings. The highest BCUT2D eigenvalue weighted by molar-refractivity contribution is 7.89. The van der Waals surface area contributed by atoms with Gasteiger partial charge in [0.15, 0.2) is 5.78 Å². The Kier molecular flexibility index (Phi) is 5.75. The van der Waals surface area contributed by atoms with Crippen molar-refractivity contribution in [1.82, 2.24) is 14.8 Å². The van der Waals surface area contributed by atoms with Crippen molar-refractivity contribution in [3.8, 4) is 0 Å². The quantitative estimate of drug-likeness (QED) is 0.360. The van der Waals surface area contributed by atoms with Crippen LogP contribution in [0.5, 0.6) is 0 Å². The molecule has 0 spiro atoms. The number of ketones is 1. The molecule has 0 radical (unpaired) electrons. The topological polar surface area (TPSA) is 125 Å².